The summed E-state index contributed by atoms with van der Waals surface area (Å²) in [6.07, 6.45) is 6.29. The molecule has 6 heterocycles. The van der Waals surface area contributed by atoms with Crippen LogP contribution in [0.2, 0.25) is 0 Å². The van der Waals surface area contributed by atoms with E-state index in [-0.39, 0.29) is 12.1 Å². The molecule has 3 aromatic carbocycles. The van der Waals surface area contributed by atoms with E-state index >= 15 is 0 Å². The van der Waals surface area contributed by atoms with Crippen molar-refractivity contribution in [3.63, 3.8) is 0 Å². The van der Waals surface area contributed by atoms with Gasteiger partial charge in [0, 0.05) is 36.0 Å². The van der Waals surface area contributed by atoms with Crippen LogP contribution < -0.4 is 21.7 Å². The molecule has 3 aliphatic heterocycles. The first kappa shape index (κ1) is 47.5. The van der Waals surface area contributed by atoms with Gasteiger partial charge in [-0.2, -0.15) is 15.8 Å². The topological polar surface area (TPSA) is 344 Å². The van der Waals surface area contributed by atoms with Crippen LogP contribution in [0.5, 0.6) is 0 Å². The molecule has 0 unspecified atom stereocenters. The molecule has 3 aromatic heterocycles. The second-order valence-electron chi connectivity index (χ2n) is 13.8. The third-order valence-electron chi connectivity index (χ3n) is 9.62. The van der Waals surface area contributed by atoms with Gasteiger partial charge in [0.05, 0.1) is 95.5 Å². The average Bonchev–Trinajstić information content (AvgIpc) is 4.16. The highest BCUT2D eigenvalue weighted by Gasteiger charge is 2.26. The first-order valence-corrected chi connectivity index (χ1v) is 20.8. The van der Waals surface area contributed by atoms with Gasteiger partial charge in [0.2, 0.25) is 0 Å². The predicted octanol–water partition coefficient (Wildman–Crippen LogP) is 4.62. The van der Waals surface area contributed by atoms with E-state index in [9.17, 15) is 9.70 Å². The molecule has 0 saturated heterocycles. The molecule has 6 aromatic rings. The fourth-order valence-corrected chi connectivity index (χ4v) is 7.00. The SMILES string of the molecule is CC(=O)O.COC(=O)N1CCN=C1SC.Cc1c(N)cc(C#N)c2[nH]cnc12.Cc1c(NC2=NCCN2)cc(C#N)c2[nH]cnc12.Cc1c(NC2=NCC[N+]2=O)cc(C#N)c2[nH]cnc12. The van der Waals surface area contributed by atoms with Crippen LogP contribution in [-0.2, 0) is 9.53 Å². The van der Waals surface area contributed by atoms with Gasteiger partial charge >= 0.3 is 12.1 Å². The zero-order valence-electron chi connectivity index (χ0n) is 36.2. The number of rotatable bonds is 2. The van der Waals surface area contributed by atoms with Crippen molar-refractivity contribution >= 4 is 91.1 Å². The monoisotopic (exact) mass is 901 g/mol. The number of amidine groups is 1. The molecule has 65 heavy (non-hydrogen) atoms. The zero-order valence-corrected chi connectivity index (χ0v) is 37.0. The van der Waals surface area contributed by atoms with E-state index in [4.69, 9.17) is 31.4 Å². The van der Waals surface area contributed by atoms with E-state index in [0.717, 1.165) is 85.9 Å². The van der Waals surface area contributed by atoms with Crippen LogP contribution in [0.25, 0.3) is 33.1 Å². The number of aromatic nitrogens is 6. The third-order valence-corrected chi connectivity index (χ3v) is 10.3. The number of carbonyl (C=O) groups excluding carboxylic acids is 1. The summed E-state index contributed by atoms with van der Waals surface area (Å²) in [6, 6.07) is 11.5. The fraction of sp³-hybridized carbons (Fsp3) is 0.293. The number of nitrogen functional groups attached to an aromatic ring is 1. The van der Waals surface area contributed by atoms with Crippen LogP contribution in [0.15, 0.2) is 52.2 Å². The number of nitroso groups, excluding NO2 is 1. The van der Waals surface area contributed by atoms with E-state index in [2.05, 4.69) is 83.8 Å². The maximum absolute atomic E-state index is 11.5. The smallest absolute Gasteiger partial charge is 0.427 e. The Hall–Kier alpha value is -8.56. The number of aryl methyl sites for hydroxylation is 3. The Bertz CT molecular complexity index is 2980. The number of aliphatic carboxylic acids is 1. The molecule has 0 bridgehead atoms. The van der Waals surface area contributed by atoms with E-state index in [1.54, 1.807) is 31.1 Å². The maximum Gasteiger partial charge on any atom is 0.427 e. The van der Waals surface area contributed by atoms with Crippen molar-refractivity contribution in [2.75, 3.05) is 69.0 Å². The van der Waals surface area contributed by atoms with Crippen LogP contribution in [0.3, 0.4) is 0 Å². The molecule has 9 N–H and O–H groups in total. The number of imidazole rings is 3. The molecular formula is C41H45N18O5S+. The normalized spacial score (nSPS) is 13.4. The first-order chi connectivity index (χ1) is 31.3. The molecule has 0 aliphatic carbocycles. The van der Waals surface area contributed by atoms with Gasteiger partial charge < -0.3 is 41.2 Å². The van der Waals surface area contributed by atoms with E-state index in [1.807, 2.05) is 33.1 Å². The Morgan fingerprint density at radius 2 is 1.32 bits per heavy atom. The summed E-state index contributed by atoms with van der Waals surface area (Å²) in [4.78, 5) is 66.9. The van der Waals surface area contributed by atoms with Crippen LogP contribution in [0, 0.1) is 59.7 Å². The minimum atomic E-state index is -0.833. The lowest BCUT2D eigenvalue weighted by molar-refractivity contribution is -0.417. The number of ether oxygens (including phenoxy) is 1. The number of aliphatic imine (C=N–C) groups is 3. The Kier molecular flexibility index (Phi) is 16.1. The fourth-order valence-electron chi connectivity index (χ4n) is 6.40. The molecule has 0 atom stereocenters. The molecule has 9 rings (SSSR count). The Morgan fingerprint density at radius 1 is 0.815 bits per heavy atom. The van der Waals surface area contributed by atoms with Crippen molar-refractivity contribution in [3.05, 3.63) is 75.5 Å². The van der Waals surface area contributed by atoms with Crippen LogP contribution in [0.1, 0.15) is 40.3 Å². The molecule has 24 heteroatoms. The standard InChI is InChI=1S/C12H11N6O.C12H12N6.C9H8N4.C6H10N2O2S.C2H4O2/c1-7-9(17-12-14-2-3-18(12)19)4-8(5-13)11-10(7)15-6-16-11;1-7-9(18-12-14-2-3-15-12)4-8(5-13)11-10(7)16-6-17-11;1-5-7(11)2-6(3-10)9-8(5)12-4-13-9;1-10-6(9)8-4-3-7-5(8)11-2;1-2(3)4/h4,6H,2-3H2,1H3,(H,14,17)(H,15,16);4,6H,2-3H2,1H3,(H,16,17)(H2,14,15,18);2,4H,11H2,1H3,(H,12,13);3-4H2,1-2H3;1H3,(H,3,4)/q+1;;;;. The zero-order chi connectivity index (χ0) is 47.2. The highest BCUT2D eigenvalue weighted by molar-refractivity contribution is 8.13. The van der Waals surface area contributed by atoms with Crippen molar-refractivity contribution in [1.82, 2.24) is 40.1 Å². The minimum absolute atomic E-state index is 0.280. The largest absolute Gasteiger partial charge is 0.481 e. The summed E-state index contributed by atoms with van der Waals surface area (Å²) in [5, 5.41) is 44.6. The van der Waals surface area contributed by atoms with Gasteiger partial charge in [0.25, 0.3) is 5.97 Å². The third kappa shape index (κ3) is 11.3. The lowest BCUT2D eigenvalue weighted by Gasteiger charge is -2.13. The van der Waals surface area contributed by atoms with Gasteiger partial charge in [-0.3, -0.25) is 19.7 Å². The van der Waals surface area contributed by atoms with E-state index < -0.39 is 5.97 Å². The molecule has 0 saturated carbocycles. The number of hydrogen-bond acceptors (Lipinski definition) is 18. The van der Waals surface area contributed by atoms with Crippen molar-refractivity contribution < 1.29 is 24.2 Å². The van der Waals surface area contributed by atoms with Crippen LogP contribution in [0.4, 0.5) is 21.9 Å². The maximum atomic E-state index is 11.5. The average molecular weight is 902 g/mol. The lowest BCUT2D eigenvalue weighted by atomic mass is 10.1. The van der Waals surface area contributed by atoms with Crippen molar-refractivity contribution in [2.45, 2.75) is 27.7 Å². The number of guanidine groups is 2. The second kappa shape index (κ2) is 22.0. The number of nitrogens with one attached hydrogen (secondary N) is 6. The number of aromatic amines is 3. The predicted molar refractivity (Wildman–Crippen MR) is 248 cm³/mol. The molecule has 1 amide bonds. The number of hydrogen-bond donors (Lipinski definition) is 8. The molecule has 23 nitrogen and oxygen atoms in total. The number of carboxylic acid groups (broad SMARTS) is 1. The second-order valence-corrected chi connectivity index (χ2v) is 14.5. The summed E-state index contributed by atoms with van der Waals surface area (Å²) in [5.74, 6) is 0.193. The molecular weight excluding hydrogens is 857 g/mol. The summed E-state index contributed by atoms with van der Waals surface area (Å²) in [6.45, 7) is 10.6. The minimum Gasteiger partial charge on any atom is -0.481 e. The van der Waals surface area contributed by atoms with Crippen molar-refractivity contribution in [1.29, 1.82) is 15.8 Å². The molecule has 3 aliphatic rings. The Balaban J connectivity index is 0.000000161. The van der Waals surface area contributed by atoms with Crippen LogP contribution in [-0.4, -0.2) is 126 Å². The van der Waals surface area contributed by atoms with Gasteiger partial charge in [-0.25, -0.2) is 25.1 Å². The van der Waals surface area contributed by atoms with Gasteiger partial charge in [-0.05, 0) is 55.5 Å². The number of carboxylic acids is 1. The summed E-state index contributed by atoms with van der Waals surface area (Å²) in [5.41, 5.74) is 16.8. The number of nitriles is 3. The van der Waals surface area contributed by atoms with Gasteiger partial charge in [0.15, 0.2) is 11.1 Å². The lowest BCUT2D eigenvalue weighted by Crippen LogP contribution is -2.32. The number of benzene rings is 3. The molecule has 0 fully saturated rings. The highest BCUT2D eigenvalue weighted by Crippen LogP contribution is 2.28. The summed E-state index contributed by atoms with van der Waals surface area (Å²) in [7, 11) is 1.37. The summed E-state index contributed by atoms with van der Waals surface area (Å²) < 4.78 is 5.36. The van der Waals surface area contributed by atoms with E-state index in [0.29, 0.717) is 59.8 Å². The van der Waals surface area contributed by atoms with Gasteiger partial charge in [-0.1, -0.05) is 16.7 Å². The van der Waals surface area contributed by atoms with Crippen molar-refractivity contribution in [3.8, 4) is 18.2 Å². The number of thioether (sulfide) groups is 1. The number of nitrogens with zero attached hydrogens (tertiary/aromatic N) is 11. The molecule has 334 valence electrons. The van der Waals surface area contributed by atoms with Crippen molar-refractivity contribution in [2.24, 2.45) is 15.0 Å². The Morgan fingerprint density at radius 3 is 1.77 bits per heavy atom. The first-order valence-electron chi connectivity index (χ1n) is 19.6. The van der Waals surface area contributed by atoms with Crippen LogP contribution >= 0.6 is 11.8 Å². The number of methoxy groups -OCH3 is 1. The Labute approximate surface area is 375 Å². The number of carbonyl (C=O) groups is 2. The summed E-state index contributed by atoms with van der Waals surface area (Å²) >= 11 is 1.46. The number of fused-ring (bicyclic) bond motifs is 3. The number of H-pyrrole nitrogens is 3. The number of amides is 1. The van der Waals surface area contributed by atoms with Gasteiger partial charge in [-0.15, -0.1) is 4.99 Å². The van der Waals surface area contributed by atoms with E-state index in [1.165, 1.54) is 23.8 Å². The van der Waals surface area contributed by atoms with Gasteiger partial charge in [0.1, 0.15) is 37.0 Å². The molecule has 0 spiro atoms. The number of nitrogens with two attached hydrogens (primary N) is 1. The number of anilines is 3. The molecule has 0 radical (unpaired) electrons. The quantitative estimate of drug-likeness (QED) is 0.0868. The highest BCUT2D eigenvalue weighted by atomic mass is 32.2.